The van der Waals surface area contributed by atoms with E-state index in [1.165, 1.54) is 0 Å². The topological polar surface area (TPSA) is 58.9 Å². The van der Waals surface area contributed by atoms with Crippen LogP contribution in [-0.2, 0) is 9.53 Å². The van der Waals surface area contributed by atoms with Gasteiger partial charge in [-0.1, -0.05) is 6.58 Å². The molecule has 0 amide bonds. The molecule has 0 fully saturated rings. The quantitative estimate of drug-likeness (QED) is 0.634. The molecule has 1 heterocycles. The number of rotatable bonds is 4. The van der Waals surface area contributed by atoms with Gasteiger partial charge in [0, 0.05) is 12.0 Å². The van der Waals surface area contributed by atoms with Crippen molar-refractivity contribution in [2.75, 3.05) is 13.2 Å². The van der Waals surface area contributed by atoms with E-state index in [1.807, 2.05) is 0 Å². The average Bonchev–Trinajstić information content (AvgIpc) is 2.51. The third-order valence-electron chi connectivity index (χ3n) is 1.59. The Bertz CT molecular complexity index is 230. The molecule has 0 aromatic rings. The summed E-state index contributed by atoms with van der Waals surface area (Å²) < 4.78 is 5.10. The van der Waals surface area contributed by atoms with Crippen molar-refractivity contribution in [2.24, 2.45) is 4.99 Å². The van der Waals surface area contributed by atoms with Gasteiger partial charge in [-0.05, 0) is 6.42 Å². The molecule has 66 valence electrons. The number of carboxylic acids is 1. The van der Waals surface area contributed by atoms with E-state index in [0.717, 1.165) is 0 Å². The summed E-state index contributed by atoms with van der Waals surface area (Å²) in [6.45, 7) is 4.71. The number of aliphatic imine (C=N–C) groups is 1. The highest BCUT2D eigenvalue weighted by molar-refractivity contribution is 5.87. The minimum absolute atomic E-state index is 0.202. The van der Waals surface area contributed by atoms with Crippen LogP contribution in [0.15, 0.2) is 17.1 Å². The van der Waals surface area contributed by atoms with E-state index < -0.39 is 5.97 Å². The van der Waals surface area contributed by atoms with Crippen molar-refractivity contribution in [3.05, 3.63) is 12.2 Å². The molecule has 0 unspecified atom stereocenters. The zero-order chi connectivity index (χ0) is 8.97. The number of hydrogen-bond acceptors (Lipinski definition) is 3. The van der Waals surface area contributed by atoms with E-state index in [1.54, 1.807) is 0 Å². The lowest BCUT2D eigenvalue weighted by molar-refractivity contribution is -0.132. The second-order valence-electron chi connectivity index (χ2n) is 2.53. The Morgan fingerprint density at radius 1 is 1.75 bits per heavy atom. The molecule has 0 atom stereocenters. The van der Waals surface area contributed by atoms with Crippen molar-refractivity contribution in [1.82, 2.24) is 0 Å². The summed E-state index contributed by atoms with van der Waals surface area (Å²) >= 11 is 0. The Balaban J connectivity index is 2.25. The Kier molecular flexibility index (Phi) is 2.85. The molecule has 0 aromatic heterocycles. The van der Waals surface area contributed by atoms with E-state index in [4.69, 9.17) is 9.84 Å². The van der Waals surface area contributed by atoms with Gasteiger partial charge in [0.1, 0.15) is 6.61 Å². The first-order valence-electron chi connectivity index (χ1n) is 3.77. The van der Waals surface area contributed by atoms with Crippen molar-refractivity contribution < 1.29 is 14.6 Å². The molecule has 0 spiro atoms. The van der Waals surface area contributed by atoms with Crippen LogP contribution in [0.25, 0.3) is 0 Å². The molecule has 0 saturated heterocycles. The van der Waals surface area contributed by atoms with Crippen LogP contribution in [0.1, 0.15) is 12.8 Å². The van der Waals surface area contributed by atoms with Crippen LogP contribution in [-0.4, -0.2) is 30.1 Å². The lowest BCUT2D eigenvalue weighted by Gasteiger charge is -2.00. The van der Waals surface area contributed by atoms with Crippen molar-refractivity contribution >= 4 is 11.9 Å². The molecule has 0 saturated carbocycles. The van der Waals surface area contributed by atoms with Gasteiger partial charge in [0.05, 0.1) is 6.54 Å². The Labute approximate surface area is 70.6 Å². The zero-order valence-corrected chi connectivity index (χ0v) is 6.75. The lowest BCUT2D eigenvalue weighted by atomic mass is 10.2. The molecule has 1 N–H and O–H groups in total. The van der Waals surface area contributed by atoms with E-state index in [2.05, 4.69) is 11.6 Å². The molecule has 12 heavy (non-hydrogen) atoms. The molecule has 1 aliphatic rings. The summed E-state index contributed by atoms with van der Waals surface area (Å²) in [4.78, 5) is 14.4. The fourth-order valence-electron chi connectivity index (χ4n) is 0.895. The Morgan fingerprint density at radius 3 is 3.00 bits per heavy atom. The number of carbonyl (C=O) groups is 1. The molecule has 0 aromatic carbocycles. The predicted octanol–water partition coefficient (Wildman–Crippen LogP) is 0.836. The van der Waals surface area contributed by atoms with E-state index in [0.29, 0.717) is 31.9 Å². The van der Waals surface area contributed by atoms with Crippen LogP contribution >= 0.6 is 0 Å². The van der Waals surface area contributed by atoms with Gasteiger partial charge in [0.25, 0.3) is 0 Å². The summed E-state index contributed by atoms with van der Waals surface area (Å²) in [5.41, 5.74) is 0.202. The Hall–Kier alpha value is -1.32. The standard InChI is InChI=1S/C8H11NO3/c1-6(8(10)11)2-3-7-9-4-5-12-7/h1-5H2,(H,10,11). The number of carboxylic acid groups (broad SMARTS) is 1. The fourth-order valence-corrected chi connectivity index (χ4v) is 0.895. The maximum Gasteiger partial charge on any atom is 0.330 e. The highest BCUT2D eigenvalue weighted by Gasteiger charge is 2.10. The van der Waals surface area contributed by atoms with Gasteiger partial charge in [0.2, 0.25) is 0 Å². The third kappa shape index (κ3) is 2.38. The highest BCUT2D eigenvalue weighted by Crippen LogP contribution is 2.07. The normalized spacial score (nSPS) is 15.2. The van der Waals surface area contributed by atoms with E-state index >= 15 is 0 Å². The maximum atomic E-state index is 10.3. The summed E-state index contributed by atoms with van der Waals surface area (Å²) in [6, 6.07) is 0. The monoisotopic (exact) mass is 169 g/mol. The van der Waals surface area contributed by atoms with Crippen molar-refractivity contribution in [1.29, 1.82) is 0 Å². The summed E-state index contributed by atoms with van der Waals surface area (Å²) in [5.74, 6) is -0.300. The van der Waals surface area contributed by atoms with Gasteiger partial charge < -0.3 is 9.84 Å². The molecule has 4 nitrogen and oxygen atoms in total. The number of ether oxygens (including phenoxy) is 1. The van der Waals surface area contributed by atoms with Gasteiger partial charge in [0.15, 0.2) is 5.90 Å². The summed E-state index contributed by atoms with van der Waals surface area (Å²) in [7, 11) is 0. The number of aliphatic carboxylic acids is 1. The predicted molar refractivity (Wildman–Crippen MR) is 44.3 cm³/mol. The average molecular weight is 169 g/mol. The van der Waals surface area contributed by atoms with Gasteiger partial charge in [-0.15, -0.1) is 0 Å². The van der Waals surface area contributed by atoms with Gasteiger partial charge in [-0.2, -0.15) is 0 Å². The molecular formula is C8H11NO3. The van der Waals surface area contributed by atoms with Crippen molar-refractivity contribution in [3.63, 3.8) is 0 Å². The molecule has 0 bridgehead atoms. The van der Waals surface area contributed by atoms with Crippen LogP contribution in [0.2, 0.25) is 0 Å². The van der Waals surface area contributed by atoms with Gasteiger partial charge in [-0.25, -0.2) is 4.79 Å². The van der Waals surface area contributed by atoms with Gasteiger partial charge >= 0.3 is 5.97 Å². The first-order valence-corrected chi connectivity index (χ1v) is 3.77. The SMILES string of the molecule is C=C(CCC1=NCCO1)C(=O)O. The lowest BCUT2D eigenvalue weighted by Crippen LogP contribution is -2.03. The van der Waals surface area contributed by atoms with Crippen molar-refractivity contribution in [3.8, 4) is 0 Å². The summed E-state index contributed by atoms with van der Waals surface area (Å²) in [6.07, 6.45) is 0.958. The number of hydrogen-bond donors (Lipinski definition) is 1. The Morgan fingerprint density at radius 2 is 2.50 bits per heavy atom. The first kappa shape index (κ1) is 8.77. The van der Waals surface area contributed by atoms with Gasteiger partial charge in [-0.3, -0.25) is 4.99 Å². The fraction of sp³-hybridized carbons (Fsp3) is 0.500. The maximum absolute atomic E-state index is 10.3. The smallest absolute Gasteiger partial charge is 0.330 e. The minimum Gasteiger partial charge on any atom is -0.479 e. The number of nitrogens with zero attached hydrogens (tertiary/aromatic N) is 1. The molecular weight excluding hydrogens is 158 g/mol. The van der Waals surface area contributed by atoms with Crippen LogP contribution in [0.4, 0.5) is 0 Å². The first-order chi connectivity index (χ1) is 5.70. The van der Waals surface area contributed by atoms with Crippen LogP contribution in [0.3, 0.4) is 0 Å². The van der Waals surface area contributed by atoms with Crippen LogP contribution in [0.5, 0.6) is 0 Å². The molecule has 1 rings (SSSR count). The van der Waals surface area contributed by atoms with Crippen LogP contribution < -0.4 is 0 Å². The molecule has 0 radical (unpaired) electrons. The molecule has 1 aliphatic heterocycles. The molecule has 0 aliphatic carbocycles. The second-order valence-corrected chi connectivity index (χ2v) is 2.53. The minimum atomic E-state index is -0.950. The molecule has 4 heteroatoms. The second kappa shape index (κ2) is 3.90. The summed E-state index contributed by atoms with van der Waals surface area (Å²) in [5, 5.41) is 8.48. The van der Waals surface area contributed by atoms with E-state index in [-0.39, 0.29) is 5.57 Å². The van der Waals surface area contributed by atoms with E-state index in [9.17, 15) is 4.79 Å². The van der Waals surface area contributed by atoms with Crippen molar-refractivity contribution in [2.45, 2.75) is 12.8 Å². The zero-order valence-electron chi connectivity index (χ0n) is 6.75. The van der Waals surface area contributed by atoms with Crippen LogP contribution in [0, 0.1) is 0 Å². The largest absolute Gasteiger partial charge is 0.479 e. The highest BCUT2D eigenvalue weighted by atomic mass is 16.5. The third-order valence-corrected chi connectivity index (χ3v) is 1.59.